The molecule has 6 nitrogen and oxygen atoms in total. The monoisotopic (exact) mass is 355 g/mol. The van der Waals surface area contributed by atoms with E-state index in [-0.39, 0.29) is 18.6 Å². The normalized spacial score (nSPS) is 28.8. The van der Waals surface area contributed by atoms with Crippen molar-refractivity contribution in [3.8, 4) is 0 Å². The minimum absolute atomic E-state index is 0.213. The summed E-state index contributed by atoms with van der Waals surface area (Å²) in [6, 6.07) is 12.4. The highest BCUT2D eigenvalue weighted by atomic mass is 35.5. The first kappa shape index (κ1) is 14.6. The van der Waals surface area contributed by atoms with Crippen LogP contribution in [0, 0.1) is 5.92 Å². The summed E-state index contributed by atoms with van der Waals surface area (Å²) in [5, 5.41) is 10.1. The number of benzene rings is 2. The molecular weight excluding hydrogens is 342 g/mol. The predicted octanol–water partition coefficient (Wildman–Crippen LogP) is 2.57. The van der Waals surface area contributed by atoms with E-state index in [1.165, 1.54) is 0 Å². The van der Waals surface area contributed by atoms with Crippen LogP contribution in [-0.4, -0.2) is 24.5 Å². The molecule has 2 aromatic rings. The van der Waals surface area contributed by atoms with Crippen molar-refractivity contribution >= 4 is 40.5 Å². The van der Waals surface area contributed by atoms with Gasteiger partial charge in [-0.1, -0.05) is 29.8 Å². The molecule has 0 aromatic heterocycles. The lowest BCUT2D eigenvalue weighted by molar-refractivity contribution is -0.144. The number of carbonyl (C=O) groups excluding carboxylic acids is 2. The molecule has 126 valence electrons. The Hall–Kier alpha value is -2.73. The number of carbonyl (C=O) groups is 2. The van der Waals surface area contributed by atoms with Gasteiger partial charge in [-0.15, -0.1) is 0 Å². The van der Waals surface area contributed by atoms with Crippen LogP contribution < -0.4 is 16.0 Å². The zero-order valence-electron chi connectivity index (χ0n) is 13.0. The standard InChI is InChI=1S/C18H14ClN3O3/c19-9-5-6-12-13(7-9)22-18(15-14(20-12)8-25-16(15)23)10-3-1-2-4-11(10)21-17(18)24/h1-7,14-15,20,22H,8H2,(H,21,24). The molecule has 1 spiro atoms. The van der Waals surface area contributed by atoms with Crippen molar-refractivity contribution < 1.29 is 14.3 Å². The van der Waals surface area contributed by atoms with Crippen LogP contribution in [0.5, 0.6) is 0 Å². The van der Waals surface area contributed by atoms with Gasteiger partial charge in [-0.3, -0.25) is 9.59 Å². The predicted molar refractivity (Wildman–Crippen MR) is 93.7 cm³/mol. The van der Waals surface area contributed by atoms with E-state index in [0.717, 1.165) is 11.3 Å². The third-order valence-electron chi connectivity index (χ3n) is 5.14. The Morgan fingerprint density at radius 3 is 2.80 bits per heavy atom. The number of ether oxygens (including phenoxy) is 1. The number of hydrogen-bond donors (Lipinski definition) is 3. The molecule has 0 saturated carbocycles. The van der Waals surface area contributed by atoms with Gasteiger partial charge in [0.25, 0.3) is 5.91 Å². The third-order valence-corrected chi connectivity index (χ3v) is 5.38. The molecule has 3 heterocycles. The van der Waals surface area contributed by atoms with Crippen molar-refractivity contribution in [1.82, 2.24) is 0 Å². The number of fused-ring (bicyclic) bond motifs is 5. The molecule has 3 aliphatic rings. The van der Waals surface area contributed by atoms with Crippen molar-refractivity contribution in [2.24, 2.45) is 5.92 Å². The van der Waals surface area contributed by atoms with Crippen LogP contribution in [0.4, 0.5) is 17.1 Å². The SMILES string of the molecule is O=C1OCC2Nc3ccc(Cl)cc3NC3(C(=O)Nc4ccccc43)C12. The van der Waals surface area contributed by atoms with Crippen molar-refractivity contribution in [1.29, 1.82) is 0 Å². The number of esters is 1. The fraction of sp³-hybridized carbons (Fsp3) is 0.222. The van der Waals surface area contributed by atoms with Crippen LogP contribution in [0.25, 0.3) is 0 Å². The van der Waals surface area contributed by atoms with E-state index in [2.05, 4.69) is 16.0 Å². The lowest BCUT2D eigenvalue weighted by Gasteiger charge is -2.33. The molecule has 5 rings (SSSR count). The number of anilines is 3. The van der Waals surface area contributed by atoms with Gasteiger partial charge in [-0.2, -0.15) is 0 Å². The van der Waals surface area contributed by atoms with Crippen LogP contribution in [0.1, 0.15) is 5.56 Å². The summed E-state index contributed by atoms with van der Waals surface area (Å²) in [7, 11) is 0. The van der Waals surface area contributed by atoms with E-state index in [4.69, 9.17) is 16.3 Å². The van der Waals surface area contributed by atoms with E-state index < -0.39 is 17.4 Å². The maximum absolute atomic E-state index is 13.1. The minimum atomic E-state index is -1.24. The molecule has 3 N–H and O–H groups in total. The molecule has 1 amide bonds. The molecule has 2 aromatic carbocycles. The van der Waals surface area contributed by atoms with Crippen LogP contribution in [0.2, 0.25) is 5.02 Å². The fourth-order valence-corrected chi connectivity index (χ4v) is 4.25. The molecular formula is C18H14ClN3O3. The summed E-state index contributed by atoms with van der Waals surface area (Å²) < 4.78 is 5.30. The van der Waals surface area contributed by atoms with Gasteiger partial charge in [-0.05, 0) is 24.3 Å². The van der Waals surface area contributed by atoms with Crippen LogP contribution in [0.15, 0.2) is 42.5 Å². The van der Waals surface area contributed by atoms with E-state index in [9.17, 15) is 9.59 Å². The molecule has 1 fully saturated rings. The molecule has 3 atom stereocenters. The maximum Gasteiger partial charge on any atom is 0.314 e. The molecule has 3 aliphatic heterocycles. The first-order chi connectivity index (χ1) is 12.1. The average Bonchev–Trinajstić information content (AvgIpc) is 3.03. The fourth-order valence-electron chi connectivity index (χ4n) is 4.07. The van der Waals surface area contributed by atoms with E-state index in [1.54, 1.807) is 12.1 Å². The Bertz CT molecular complexity index is 932. The second-order valence-electron chi connectivity index (χ2n) is 6.48. The number of para-hydroxylation sites is 1. The molecule has 0 radical (unpaired) electrons. The highest BCUT2D eigenvalue weighted by Gasteiger charge is 2.62. The number of amides is 1. The van der Waals surface area contributed by atoms with Gasteiger partial charge >= 0.3 is 5.97 Å². The van der Waals surface area contributed by atoms with Crippen LogP contribution in [0.3, 0.4) is 0 Å². The van der Waals surface area contributed by atoms with E-state index in [1.807, 2.05) is 30.3 Å². The van der Waals surface area contributed by atoms with Gasteiger partial charge in [0.2, 0.25) is 0 Å². The first-order valence-corrected chi connectivity index (χ1v) is 8.39. The van der Waals surface area contributed by atoms with Gasteiger partial charge in [0.1, 0.15) is 12.5 Å². The molecule has 25 heavy (non-hydrogen) atoms. The lowest BCUT2D eigenvalue weighted by Crippen LogP contribution is -2.53. The second-order valence-corrected chi connectivity index (χ2v) is 6.92. The summed E-state index contributed by atoms with van der Waals surface area (Å²) in [6.07, 6.45) is 0. The zero-order chi connectivity index (χ0) is 17.2. The largest absolute Gasteiger partial charge is 0.463 e. The Balaban J connectivity index is 1.79. The zero-order valence-corrected chi connectivity index (χ0v) is 13.8. The Morgan fingerprint density at radius 2 is 1.92 bits per heavy atom. The second kappa shape index (κ2) is 4.89. The van der Waals surface area contributed by atoms with Gasteiger partial charge in [0.15, 0.2) is 5.54 Å². The van der Waals surface area contributed by atoms with Gasteiger partial charge < -0.3 is 20.7 Å². The average molecular weight is 356 g/mol. The Kier molecular flexibility index (Phi) is 2.86. The van der Waals surface area contributed by atoms with E-state index in [0.29, 0.717) is 16.4 Å². The minimum Gasteiger partial charge on any atom is -0.463 e. The van der Waals surface area contributed by atoms with Crippen molar-refractivity contribution in [2.45, 2.75) is 11.6 Å². The molecule has 1 saturated heterocycles. The van der Waals surface area contributed by atoms with Crippen molar-refractivity contribution in [3.05, 3.63) is 53.1 Å². The van der Waals surface area contributed by atoms with Crippen LogP contribution >= 0.6 is 11.6 Å². The lowest BCUT2D eigenvalue weighted by atomic mass is 9.76. The maximum atomic E-state index is 13.1. The van der Waals surface area contributed by atoms with Crippen molar-refractivity contribution in [3.63, 3.8) is 0 Å². The number of cyclic esters (lactones) is 1. The summed E-state index contributed by atoms with van der Waals surface area (Å²) in [4.78, 5) is 25.7. The number of nitrogens with one attached hydrogen (secondary N) is 3. The number of halogens is 1. The summed E-state index contributed by atoms with van der Waals surface area (Å²) in [5.41, 5.74) is 1.67. The Morgan fingerprint density at radius 1 is 1.08 bits per heavy atom. The number of hydrogen-bond acceptors (Lipinski definition) is 5. The highest BCUT2D eigenvalue weighted by molar-refractivity contribution is 6.31. The topological polar surface area (TPSA) is 79.5 Å². The van der Waals surface area contributed by atoms with E-state index >= 15 is 0 Å². The number of rotatable bonds is 0. The summed E-state index contributed by atoms with van der Waals surface area (Å²) in [6.45, 7) is 0.213. The smallest absolute Gasteiger partial charge is 0.314 e. The molecule has 7 heteroatoms. The molecule has 0 bridgehead atoms. The van der Waals surface area contributed by atoms with Gasteiger partial charge in [0, 0.05) is 16.3 Å². The third kappa shape index (κ3) is 1.85. The van der Waals surface area contributed by atoms with Crippen molar-refractivity contribution in [2.75, 3.05) is 22.6 Å². The summed E-state index contributed by atoms with van der Waals surface area (Å²) in [5.74, 6) is -1.35. The van der Waals surface area contributed by atoms with Crippen LogP contribution in [-0.2, 0) is 19.9 Å². The molecule has 3 unspecified atom stereocenters. The van der Waals surface area contributed by atoms with Gasteiger partial charge in [0.05, 0.1) is 17.4 Å². The Labute approximate surface area is 148 Å². The highest BCUT2D eigenvalue weighted by Crippen LogP contribution is 2.50. The first-order valence-electron chi connectivity index (χ1n) is 8.01. The van der Waals surface area contributed by atoms with Gasteiger partial charge in [-0.25, -0.2) is 0 Å². The summed E-state index contributed by atoms with van der Waals surface area (Å²) >= 11 is 6.15. The molecule has 0 aliphatic carbocycles. The quantitative estimate of drug-likeness (QED) is 0.633.